The van der Waals surface area contributed by atoms with Crippen molar-refractivity contribution in [2.24, 2.45) is 7.05 Å². The van der Waals surface area contributed by atoms with E-state index in [1.807, 2.05) is 32.3 Å². The lowest BCUT2D eigenvalue weighted by Gasteiger charge is -2.11. The number of imidazole rings is 1. The molecule has 0 saturated heterocycles. The highest BCUT2D eigenvalue weighted by Crippen LogP contribution is 2.24. The minimum atomic E-state index is 0.325. The molecule has 4 heterocycles. The van der Waals surface area contributed by atoms with Crippen molar-refractivity contribution in [3.05, 3.63) is 42.7 Å². The molecule has 132 valence electrons. The zero-order valence-corrected chi connectivity index (χ0v) is 15.2. The Hall–Kier alpha value is -3.29. The number of rotatable bonds is 4. The highest BCUT2D eigenvalue weighted by Gasteiger charge is 2.12. The van der Waals surface area contributed by atoms with E-state index in [1.165, 1.54) is 0 Å². The predicted molar refractivity (Wildman–Crippen MR) is 100 cm³/mol. The third-order valence-corrected chi connectivity index (χ3v) is 4.14. The van der Waals surface area contributed by atoms with Gasteiger partial charge in [0.1, 0.15) is 23.0 Å². The smallest absolute Gasteiger partial charge is 0.164 e. The standard InChI is InChI=1S/C18H20N8/c1-11(2)26-12(3)22-14-9-20-17(7-15(14)26)23-16-5-6-19-18(24-16)13-8-21-25(4)10-13/h5-11H,1-4H3,(H,19,20,23,24). The molecule has 0 atom stereocenters. The fraction of sp³-hybridized carbons (Fsp3) is 0.278. The van der Waals surface area contributed by atoms with E-state index in [9.17, 15) is 0 Å². The van der Waals surface area contributed by atoms with Crippen molar-refractivity contribution in [2.45, 2.75) is 26.8 Å². The summed E-state index contributed by atoms with van der Waals surface area (Å²) < 4.78 is 3.92. The monoisotopic (exact) mass is 348 g/mol. The van der Waals surface area contributed by atoms with Crippen LogP contribution >= 0.6 is 0 Å². The Morgan fingerprint density at radius 2 is 1.92 bits per heavy atom. The summed E-state index contributed by atoms with van der Waals surface area (Å²) in [6.45, 7) is 6.30. The Balaban J connectivity index is 1.68. The van der Waals surface area contributed by atoms with Gasteiger partial charge in [-0.1, -0.05) is 0 Å². The van der Waals surface area contributed by atoms with Crippen LogP contribution in [0.1, 0.15) is 25.7 Å². The van der Waals surface area contributed by atoms with Gasteiger partial charge in [-0.05, 0) is 26.8 Å². The minimum Gasteiger partial charge on any atom is -0.326 e. The van der Waals surface area contributed by atoms with Gasteiger partial charge in [0.25, 0.3) is 0 Å². The molecule has 0 fully saturated rings. The fourth-order valence-corrected chi connectivity index (χ4v) is 3.07. The Bertz CT molecular complexity index is 1080. The lowest BCUT2D eigenvalue weighted by molar-refractivity contribution is 0.600. The van der Waals surface area contributed by atoms with Gasteiger partial charge in [-0.25, -0.2) is 19.9 Å². The molecule has 4 aromatic rings. The Kier molecular flexibility index (Phi) is 3.87. The van der Waals surface area contributed by atoms with Crippen LogP contribution in [0.2, 0.25) is 0 Å². The van der Waals surface area contributed by atoms with Crippen molar-refractivity contribution in [2.75, 3.05) is 5.32 Å². The number of anilines is 2. The third kappa shape index (κ3) is 2.90. The number of aryl methyl sites for hydroxylation is 2. The maximum absolute atomic E-state index is 4.58. The molecule has 0 spiro atoms. The number of hydrogen-bond donors (Lipinski definition) is 1. The maximum Gasteiger partial charge on any atom is 0.164 e. The Labute approximate surface area is 151 Å². The van der Waals surface area contributed by atoms with Crippen molar-refractivity contribution in [3.63, 3.8) is 0 Å². The van der Waals surface area contributed by atoms with Crippen LogP contribution in [0.4, 0.5) is 11.6 Å². The maximum atomic E-state index is 4.58. The van der Waals surface area contributed by atoms with Crippen LogP contribution in [0.25, 0.3) is 22.4 Å². The zero-order chi connectivity index (χ0) is 18.3. The van der Waals surface area contributed by atoms with E-state index in [1.54, 1.807) is 23.3 Å². The number of fused-ring (bicyclic) bond motifs is 1. The molecular weight excluding hydrogens is 328 g/mol. The van der Waals surface area contributed by atoms with Gasteiger partial charge in [0.15, 0.2) is 5.82 Å². The van der Waals surface area contributed by atoms with E-state index in [4.69, 9.17) is 0 Å². The van der Waals surface area contributed by atoms with Crippen LogP contribution in [-0.4, -0.2) is 34.3 Å². The first-order valence-corrected chi connectivity index (χ1v) is 8.45. The third-order valence-electron chi connectivity index (χ3n) is 4.14. The van der Waals surface area contributed by atoms with Gasteiger partial charge in [-0.3, -0.25) is 4.68 Å². The summed E-state index contributed by atoms with van der Waals surface area (Å²) in [4.78, 5) is 17.9. The van der Waals surface area contributed by atoms with E-state index in [-0.39, 0.29) is 0 Å². The first-order valence-electron chi connectivity index (χ1n) is 8.45. The molecule has 8 nitrogen and oxygen atoms in total. The first-order chi connectivity index (χ1) is 12.5. The molecule has 0 radical (unpaired) electrons. The van der Waals surface area contributed by atoms with Gasteiger partial charge in [0, 0.05) is 31.5 Å². The molecule has 0 aromatic carbocycles. The Morgan fingerprint density at radius 3 is 2.65 bits per heavy atom. The molecule has 1 N–H and O–H groups in total. The summed E-state index contributed by atoms with van der Waals surface area (Å²) in [6.07, 6.45) is 7.13. The molecule has 0 amide bonds. The van der Waals surface area contributed by atoms with Gasteiger partial charge in [0.2, 0.25) is 0 Å². The molecule has 0 bridgehead atoms. The van der Waals surface area contributed by atoms with Crippen LogP contribution in [0.15, 0.2) is 36.9 Å². The summed E-state index contributed by atoms with van der Waals surface area (Å²) in [6, 6.07) is 4.14. The SMILES string of the molecule is Cc1nc2cnc(Nc3ccnc(-c4cnn(C)c4)n3)cc2n1C(C)C. The van der Waals surface area contributed by atoms with E-state index in [0.29, 0.717) is 17.7 Å². The van der Waals surface area contributed by atoms with E-state index >= 15 is 0 Å². The highest BCUT2D eigenvalue weighted by molar-refractivity contribution is 5.79. The molecular formula is C18H20N8. The van der Waals surface area contributed by atoms with Gasteiger partial charge in [0.05, 0.1) is 23.5 Å². The van der Waals surface area contributed by atoms with Crippen LogP contribution in [0.5, 0.6) is 0 Å². The summed E-state index contributed by atoms with van der Waals surface area (Å²) >= 11 is 0. The van der Waals surface area contributed by atoms with Gasteiger partial charge < -0.3 is 9.88 Å². The highest BCUT2D eigenvalue weighted by atomic mass is 15.2. The van der Waals surface area contributed by atoms with Crippen molar-refractivity contribution >= 4 is 22.7 Å². The molecule has 26 heavy (non-hydrogen) atoms. The molecule has 4 aromatic heterocycles. The van der Waals surface area contributed by atoms with E-state index < -0.39 is 0 Å². The second kappa shape index (κ2) is 6.21. The fourth-order valence-electron chi connectivity index (χ4n) is 3.07. The minimum absolute atomic E-state index is 0.325. The van der Waals surface area contributed by atoms with Crippen molar-refractivity contribution in [3.8, 4) is 11.4 Å². The first kappa shape index (κ1) is 16.2. The van der Waals surface area contributed by atoms with E-state index in [0.717, 1.165) is 28.2 Å². The largest absolute Gasteiger partial charge is 0.326 e. The van der Waals surface area contributed by atoms with E-state index in [2.05, 4.69) is 48.8 Å². The predicted octanol–water partition coefficient (Wildman–Crippen LogP) is 3.25. The van der Waals surface area contributed by atoms with Crippen LogP contribution in [0, 0.1) is 6.92 Å². The molecule has 0 aliphatic rings. The summed E-state index contributed by atoms with van der Waals surface area (Å²) in [7, 11) is 1.87. The van der Waals surface area contributed by atoms with Crippen molar-refractivity contribution in [1.82, 2.24) is 34.3 Å². The molecule has 4 rings (SSSR count). The molecule has 0 aliphatic heterocycles. The molecule has 0 saturated carbocycles. The van der Waals surface area contributed by atoms with Gasteiger partial charge in [-0.2, -0.15) is 5.10 Å². The lowest BCUT2D eigenvalue weighted by Crippen LogP contribution is -2.03. The van der Waals surface area contributed by atoms with Gasteiger partial charge in [-0.15, -0.1) is 0 Å². The quantitative estimate of drug-likeness (QED) is 0.609. The normalized spacial score (nSPS) is 11.4. The molecule has 0 unspecified atom stereocenters. The van der Waals surface area contributed by atoms with Crippen molar-refractivity contribution in [1.29, 1.82) is 0 Å². The van der Waals surface area contributed by atoms with Crippen molar-refractivity contribution < 1.29 is 0 Å². The number of pyridine rings is 1. The summed E-state index contributed by atoms with van der Waals surface area (Å²) in [5.41, 5.74) is 2.81. The number of hydrogen-bond acceptors (Lipinski definition) is 6. The lowest BCUT2D eigenvalue weighted by atomic mass is 10.3. The number of aromatic nitrogens is 7. The van der Waals surface area contributed by atoms with Gasteiger partial charge >= 0.3 is 0 Å². The average molecular weight is 348 g/mol. The van der Waals surface area contributed by atoms with Crippen LogP contribution < -0.4 is 5.32 Å². The topological polar surface area (TPSA) is 86.3 Å². The molecule has 0 aliphatic carbocycles. The number of nitrogens with zero attached hydrogens (tertiary/aromatic N) is 7. The van der Waals surface area contributed by atoms with Crippen LogP contribution in [0.3, 0.4) is 0 Å². The summed E-state index contributed by atoms with van der Waals surface area (Å²) in [5.74, 6) is 3.00. The zero-order valence-electron chi connectivity index (χ0n) is 15.2. The van der Waals surface area contributed by atoms with Crippen LogP contribution in [-0.2, 0) is 7.05 Å². The summed E-state index contributed by atoms with van der Waals surface area (Å²) in [5, 5.41) is 7.42. The second-order valence-electron chi connectivity index (χ2n) is 6.47. The molecule has 8 heteroatoms. The Morgan fingerprint density at radius 1 is 1.08 bits per heavy atom. The second-order valence-corrected chi connectivity index (χ2v) is 6.47. The number of nitrogens with one attached hydrogen (secondary N) is 1. The average Bonchev–Trinajstić information content (AvgIpc) is 3.17.